The third-order valence-electron chi connectivity index (χ3n) is 6.39. The van der Waals surface area contributed by atoms with Crippen LogP contribution in [0.1, 0.15) is 63.8 Å². The minimum atomic E-state index is -0.0321. The molecule has 2 heterocycles. The topological polar surface area (TPSA) is 94.3 Å². The third kappa shape index (κ3) is 6.24. The van der Waals surface area contributed by atoms with Gasteiger partial charge in [-0.2, -0.15) is 5.10 Å². The quantitative estimate of drug-likeness (QED) is 0.202. The van der Waals surface area contributed by atoms with Gasteiger partial charge in [0.15, 0.2) is 5.82 Å². The van der Waals surface area contributed by atoms with Crippen molar-refractivity contribution in [3.05, 3.63) is 82.6 Å². The van der Waals surface area contributed by atoms with Crippen molar-refractivity contribution in [2.24, 2.45) is 0 Å². The molecule has 0 aliphatic heterocycles. The molecule has 2 aromatic heterocycles. The maximum Gasteiger partial charge on any atom is 0.346 e. The molecule has 36 heavy (non-hydrogen) atoms. The molecule has 2 aromatic carbocycles. The minimum absolute atomic E-state index is 0.0321. The predicted molar refractivity (Wildman–Crippen MR) is 143 cm³/mol. The smallest absolute Gasteiger partial charge is 0.274 e. The molecule has 0 amide bonds. The van der Waals surface area contributed by atoms with Gasteiger partial charge in [-0.25, -0.2) is 14.6 Å². The highest BCUT2D eigenvalue weighted by Crippen LogP contribution is 2.29. The molecule has 4 aromatic rings. The van der Waals surface area contributed by atoms with E-state index >= 15 is 0 Å². The van der Waals surface area contributed by atoms with Crippen LogP contribution >= 0.6 is 0 Å². The standard InChI is InChI=1S/C28H35N7O/c1-3-5-7-8-9-12-20-35-28(36)34(26(31-35)15-6-4-2)21-22-16-18-23(19-17-22)24-13-10-11-14-25(24)27-29-32-33-30-27/h4,6,10-11,13-14,16-19H,3,5,7-9,12,15,20-21H2,1-2H3,(H,29,30,32,33). The summed E-state index contributed by atoms with van der Waals surface area (Å²) in [4.78, 5) is 13.2. The molecule has 0 bridgehead atoms. The van der Waals surface area contributed by atoms with Gasteiger partial charge in [-0.15, -0.1) is 5.10 Å². The van der Waals surface area contributed by atoms with Crippen molar-refractivity contribution in [3.63, 3.8) is 0 Å². The molecule has 188 valence electrons. The van der Waals surface area contributed by atoms with Gasteiger partial charge in [-0.3, -0.25) is 4.57 Å². The van der Waals surface area contributed by atoms with Crippen LogP contribution in [-0.2, 0) is 19.5 Å². The maximum atomic E-state index is 13.2. The van der Waals surface area contributed by atoms with Crippen molar-refractivity contribution in [2.45, 2.75) is 71.9 Å². The van der Waals surface area contributed by atoms with Crippen molar-refractivity contribution in [2.75, 3.05) is 0 Å². The molecular formula is C28H35N7O. The monoisotopic (exact) mass is 485 g/mol. The summed E-state index contributed by atoms with van der Waals surface area (Å²) in [5, 5.41) is 19.0. The number of nitrogens with one attached hydrogen (secondary N) is 1. The number of nitrogens with zero attached hydrogens (tertiary/aromatic N) is 6. The lowest BCUT2D eigenvalue weighted by molar-refractivity contribution is 0.511. The van der Waals surface area contributed by atoms with Gasteiger partial charge in [0.2, 0.25) is 0 Å². The molecule has 1 N–H and O–H groups in total. The summed E-state index contributed by atoms with van der Waals surface area (Å²) in [7, 11) is 0. The molecule has 0 spiro atoms. The van der Waals surface area contributed by atoms with Gasteiger partial charge < -0.3 is 0 Å². The zero-order chi connectivity index (χ0) is 25.2. The van der Waals surface area contributed by atoms with Crippen LogP contribution in [0, 0.1) is 0 Å². The minimum Gasteiger partial charge on any atom is -0.274 e. The Morgan fingerprint density at radius 2 is 1.69 bits per heavy atom. The Hall–Kier alpha value is -3.81. The first-order valence-corrected chi connectivity index (χ1v) is 12.9. The van der Waals surface area contributed by atoms with Crippen LogP contribution in [0.25, 0.3) is 22.5 Å². The average molecular weight is 486 g/mol. The van der Waals surface area contributed by atoms with E-state index in [1.165, 1.54) is 25.7 Å². The molecule has 0 atom stereocenters. The van der Waals surface area contributed by atoms with Gasteiger partial charge in [0.1, 0.15) is 5.82 Å². The van der Waals surface area contributed by atoms with Crippen LogP contribution in [0.2, 0.25) is 0 Å². The van der Waals surface area contributed by atoms with Crippen LogP contribution in [-0.4, -0.2) is 35.0 Å². The number of tetrazole rings is 1. The highest BCUT2D eigenvalue weighted by molar-refractivity contribution is 5.80. The van der Waals surface area contributed by atoms with Gasteiger partial charge in [0.05, 0.1) is 6.54 Å². The Balaban J connectivity index is 1.51. The van der Waals surface area contributed by atoms with E-state index < -0.39 is 0 Å². The molecule has 8 nitrogen and oxygen atoms in total. The van der Waals surface area contributed by atoms with Crippen LogP contribution in [0.5, 0.6) is 0 Å². The largest absolute Gasteiger partial charge is 0.346 e. The second-order valence-corrected chi connectivity index (χ2v) is 9.04. The Bertz CT molecular complexity index is 1300. The number of aryl methyl sites for hydroxylation is 1. The van der Waals surface area contributed by atoms with Crippen molar-refractivity contribution in [1.29, 1.82) is 0 Å². The molecule has 0 saturated heterocycles. The van der Waals surface area contributed by atoms with Crippen LogP contribution in [0.15, 0.2) is 65.5 Å². The lowest BCUT2D eigenvalue weighted by Crippen LogP contribution is -2.26. The fourth-order valence-electron chi connectivity index (χ4n) is 4.39. The molecule has 8 heteroatoms. The summed E-state index contributed by atoms with van der Waals surface area (Å²) < 4.78 is 3.45. The number of allylic oxidation sites excluding steroid dienone is 2. The van der Waals surface area contributed by atoms with E-state index in [4.69, 9.17) is 0 Å². The van der Waals surface area contributed by atoms with Gasteiger partial charge >= 0.3 is 5.69 Å². The van der Waals surface area contributed by atoms with Gasteiger partial charge in [-0.1, -0.05) is 99.7 Å². The zero-order valence-corrected chi connectivity index (χ0v) is 21.2. The van der Waals surface area contributed by atoms with Crippen molar-refractivity contribution in [3.8, 4) is 22.5 Å². The average Bonchev–Trinajstić information content (AvgIpc) is 3.55. The van der Waals surface area contributed by atoms with E-state index in [-0.39, 0.29) is 5.69 Å². The molecule has 0 aliphatic rings. The second kappa shape index (κ2) is 12.8. The Morgan fingerprint density at radius 3 is 2.42 bits per heavy atom. The molecule has 4 rings (SSSR count). The van der Waals surface area contributed by atoms with E-state index in [1.807, 2.05) is 37.3 Å². The number of benzene rings is 2. The van der Waals surface area contributed by atoms with Crippen molar-refractivity contribution >= 4 is 0 Å². The number of hydrogen-bond acceptors (Lipinski definition) is 5. The molecule has 0 fully saturated rings. The molecule has 0 unspecified atom stereocenters. The van der Waals surface area contributed by atoms with Crippen molar-refractivity contribution in [1.82, 2.24) is 35.0 Å². The predicted octanol–water partition coefficient (Wildman–Crippen LogP) is 5.42. The maximum absolute atomic E-state index is 13.2. The zero-order valence-electron chi connectivity index (χ0n) is 21.2. The van der Waals surface area contributed by atoms with Crippen molar-refractivity contribution < 1.29 is 0 Å². The molecule has 0 aliphatic carbocycles. The number of H-pyrrole nitrogens is 1. The molecule has 0 radical (unpaired) electrons. The van der Waals surface area contributed by atoms with Crippen LogP contribution < -0.4 is 5.69 Å². The van der Waals surface area contributed by atoms with E-state index in [9.17, 15) is 4.79 Å². The van der Waals surface area contributed by atoms with Gasteiger partial charge in [-0.05, 0) is 40.5 Å². The van der Waals surface area contributed by atoms with Crippen LogP contribution in [0.4, 0.5) is 0 Å². The van der Waals surface area contributed by atoms with Gasteiger partial charge in [0.25, 0.3) is 0 Å². The first kappa shape index (κ1) is 25.3. The fraction of sp³-hybridized carbons (Fsp3) is 0.393. The number of rotatable bonds is 13. The number of aromatic nitrogens is 7. The highest BCUT2D eigenvalue weighted by Gasteiger charge is 2.14. The lowest BCUT2D eigenvalue weighted by atomic mass is 9.98. The molecule has 0 saturated carbocycles. The fourth-order valence-corrected chi connectivity index (χ4v) is 4.39. The summed E-state index contributed by atoms with van der Waals surface area (Å²) >= 11 is 0. The summed E-state index contributed by atoms with van der Waals surface area (Å²) in [5.74, 6) is 1.43. The number of hydrogen-bond donors (Lipinski definition) is 1. The van der Waals surface area contributed by atoms with E-state index in [1.54, 1.807) is 9.25 Å². The first-order valence-electron chi connectivity index (χ1n) is 12.9. The van der Waals surface area contributed by atoms with E-state index in [0.29, 0.717) is 25.3 Å². The highest BCUT2D eigenvalue weighted by atomic mass is 16.2. The normalized spacial score (nSPS) is 11.5. The Morgan fingerprint density at radius 1 is 0.944 bits per heavy atom. The third-order valence-corrected chi connectivity index (χ3v) is 6.39. The summed E-state index contributed by atoms with van der Waals surface area (Å²) in [5.41, 5.74) is 4.07. The summed E-state index contributed by atoms with van der Waals surface area (Å²) in [6.07, 6.45) is 11.8. The summed E-state index contributed by atoms with van der Waals surface area (Å²) in [6.45, 7) is 5.38. The Labute approximate surface area is 212 Å². The molecular weight excluding hydrogens is 450 g/mol. The number of aromatic amines is 1. The summed E-state index contributed by atoms with van der Waals surface area (Å²) in [6, 6.07) is 16.3. The Kier molecular flexibility index (Phi) is 8.97. The lowest BCUT2D eigenvalue weighted by Gasteiger charge is -2.09. The van der Waals surface area contributed by atoms with Crippen LogP contribution in [0.3, 0.4) is 0 Å². The van der Waals surface area contributed by atoms with E-state index in [0.717, 1.165) is 40.9 Å². The van der Waals surface area contributed by atoms with Gasteiger partial charge in [0, 0.05) is 18.5 Å². The number of unbranched alkanes of at least 4 members (excludes halogenated alkanes) is 5. The first-order chi connectivity index (χ1) is 17.7. The second-order valence-electron chi connectivity index (χ2n) is 9.04. The SMILES string of the molecule is CC=CCc1nn(CCCCCCCC)c(=O)n1Cc1ccc(-c2ccccc2-c2nnn[nH]2)cc1. The van der Waals surface area contributed by atoms with E-state index in [2.05, 4.69) is 63.0 Å².